The van der Waals surface area contributed by atoms with E-state index in [9.17, 15) is 18.8 Å². The smallest absolute Gasteiger partial charge is 0.314 e. The molecule has 0 spiro atoms. The van der Waals surface area contributed by atoms with E-state index in [2.05, 4.69) is 26.4 Å². The first-order chi connectivity index (χ1) is 13.3. The number of carbonyl (C=O) groups is 3. The van der Waals surface area contributed by atoms with Crippen LogP contribution in [0.2, 0.25) is 0 Å². The van der Waals surface area contributed by atoms with Crippen LogP contribution in [0.4, 0.5) is 10.2 Å². The number of benzene rings is 1. The van der Waals surface area contributed by atoms with Crippen LogP contribution in [-0.2, 0) is 20.9 Å². The van der Waals surface area contributed by atoms with E-state index >= 15 is 0 Å². The fourth-order valence-corrected chi connectivity index (χ4v) is 2.84. The number of aryl methyl sites for hydroxylation is 1. The molecule has 3 rings (SSSR count). The number of carbonyl (C=O) groups excluding carboxylic acids is 3. The first-order valence-electron chi connectivity index (χ1n) is 8.77. The van der Waals surface area contributed by atoms with Crippen LogP contribution < -0.4 is 21.3 Å². The lowest BCUT2D eigenvalue weighted by Crippen LogP contribution is -2.52. The van der Waals surface area contributed by atoms with Crippen molar-refractivity contribution in [1.82, 2.24) is 25.7 Å². The van der Waals surface area contributed by atoms with Crippen molar-refractivity contribution in [3.8, 4) is 0 Å². The molecule has 3 amide bonds. The third-order valence-corrected chi connectivity index (χ3v) is 4.15. The van der Waals surface area contributed by atoms with E-state index in [4.69, 9.17) is 0 Å². The molecule has 0 bridgehead atoms. The molecule has 1 aliphatic heterocycles. The summed E-state index contributed by atoms with van der Waals surface area (Å²) in [5.41, 5.74) is 1.27. The van der Waals surface area contributed by atoms with Gasteiger partial charge in [-0.15, -0.1) is 0 Å². The van der Waals surface area contributed by atoms with Crippen molar-refractivity contribution in [3.05, 3.63) is 47.4 Å². The number of anilines is 1. The quantitative estimate of drug-likeness (QED) is 0.571. The third-order valence-electron chi connectivity index (χ3n) is 4.15. The Kier molecular flexibility index (Phi) is 5.69. The Morgan fingerprint density at radius 2 is 2.00 bits per heavy atom. The van der Waals surface area contributed by atoms with E-state index in [1.807, 2.05) is 6.92 Å². The zero-order chi connectivity index (χ0) is 20.3. The van der Waals surface area contributed by atoms with Gasteiger partial charge in [0.15, 0.2) is 6.29 Å². The Balaban J connectivity index is 1.64. The summed E-state index contributed by atoms with van der Waals surface area (Å²) >= 11 is 0. The number of nitrogens with zero attached hydrogens (tertiary/aromatic N) is 2. The summed E-state index contributed by atoms with van der Waals surface area (Å²) in [5.74, 6) is -1.97. The summed E-state index contributed by atoms with van der Waals surface area (Å²) in [4.78, 5) is 36.1. The Labute approximate surface area is 160 Å². The maximum atomic E-state index is 12.9. The van der Waals surface area contributed by atoms with E-state index < -0.39 is 18.1 Å². The fraction of sp³-hybridized carbons (Fsp3) is 0.333. The molecule has 2 unspecified atom stereocenters. The minimum atomic E-state index is -0.876. The first-order valence-corrected chi connectivity index (χ1v) is 8.77. The number of nitrogens with one attached hydrogen (secondary N) is 4. The van der Waals surface area contributed by atoms with E-state index in [0.717, 1.165) is 0 Å². The lowest BCUT2D eigenvalue weighted by Gasteiger charge is -2.30. The van der Waals surface area contributed by atoms with Gasteiger partial charge in [-0.05, 0) is 31.5 Å². The van der Waals surface area contributed by atoms with Crippen molar-refractivity contribution < 1.29 is 18.8 Å². The minimum absolute atomic E-state index is 0.0641. The average Bonchev–Trinajstić information content (AvgIpc) is 3.00. The molecule has 2 heterocycles. The number of aromatic nitrogens is 2. The zero-order valence-corrected chi connectivity index (χ0v) is 15.5. The van der Waals surface area contributed by atoms with Crippen LogP contribution in [0.1, 0.15) is 30.9 Å². The zero-order valence-electron chi connectivity index (χ0n) is 15.5. The van der Waals surface area contributed by atoms with Crippen molar-refractivity contribution >= 4 is 23.5 Å². The lowest BCUT2D eigenvalue weighted by atomic mass is 10.2. The highest BCUT2D eigenvalue weighted by atomic mass is 19.1. The van der Waals surface area contributed by atoms with Crippen LogP contribution in [-0.4, -0.2) is 33.5 Å². The topological polar surface area (TPSA) is 117 Å². The molecule has 4 N–H and O–H groups in total. The van der Waals surface area contributed by atoms with Gasteiger partial charge in [-0.2, -0.15) is 5.10 Å². The Morgan fingerprint density at radius 1 is 1.29 bits per heavy atom. The summed E-state index contributed by atoms with van der Waals surface area (Å²) in [6, 6.07) is 7.11. The molecule has 28 heavy (non-hydrogen) atoms. The van der Waals surface area contributed by atoms with E-state index in [-0.39, 0.29) is 30.1 Å². The third kappa shape index (κ3) is 4.71. The highest BCUT2D eigenvalue weighted by Gasteiger charge is 2.27. The number of hydrogen-bond donors (Lipinski definition) is 4. The molecule has 148 valence electrons. The predicted molar refractivity (Wildman–Crippen MR) is 98.2 cm³/mol. The molecule has 1 fully saturated rings. The molecule has 1 aromatic carbocycles. The van der Waals surface area contributed by atoms with Crippen LogP contribution in [0.3, 0.4) is 0 Å². The van der Waals surface area contributed by atoms with Gasteiger partial charge in [-0.25, -0.2) is 9.07 Å². The van der Waals surface area contributed by atoms with Crippen LogP contribution in [0.5, 0.6) is 0 Å². The second kappa shape index (κ2) is 8.17. The average molecular weight is 388 g/mol. The lowest BCUT2D eigenvalue weighted by molar-refractivity contribution is -0.136. The monoisotopic (exact) mass is 388 g/mol. The van der Waals surface area contributed by atoms with E-state index in [1.165, 1.54) is 28.9 Å². The van der Waals surface area contributed by atoms with Crippen LogP contribution in [0.25, 0.3) is 0 Å². The second-order valence-corrected chi connectivity index (χ2v) is 6.62. The van der Waals surface area contributed by atoms with Crippen molar-refractivity contribution in [2.45, 2.75) is 39.1 Å². The number of hydrogen-bond acceptors (Lipinski definition) is 5. The molecule has 1 saturated heterocycles. The van der Waals surface area contributed by atoms with E-state index in [0.29, 0.717) is 17.7 Å². The van der Waals surface area contributed by atoms with Gasteiger partial charge in [0, 0.05) is 25.1 Å². The second-order valence-electron chi connectivity index (χ2n) is 6.62. The Hall–Kier alpha value is -3.27. The normalized spacial score (nSPS) is 19.0. The molecule has 2 aromatic rings. The molecule has 1 aliphatic rings. The highest BCUT2D eigenvalue weighted by Crippen LogP contribution is 2.17. The van der Waals surface area contributed by atoms with Gasteiger partial charge in [0.05, 0.1) is 5.69 Å². The Bertz CT molecular complexity index is 895. The molecule has 0 aliphatic carbocycles. The molecular weight excluding hydrogens is 367 g/mol. The number of amides is 3. The van der Waals surface area contributed by atoms with Gasteiger partial charge in [-0.3, -0.25) is 19.7 Å². The maximum Gasteiger partial charge on any atom is 0.314 e. The van der Waals surface area contributed by atoms with E-state index in [1.54, 1.807) is 13.0 Å². The van der Waals surface area contributed by atoms with Gasteiger partial charge < -0.3 is 16.0 Å². The Morgan fingerprint density at radius 3 is 2.68 bits per heavy atom. The van der Waals surface area contributed by atoms with Gasteiger partial charge in [0.1, 0.15) is 11.6 Å². The van der Waals surface area contributed by atoms with Crippen LogP contribution in [0.15, 0.2) is 30.3 Å². The van der Waals surface area contributed by atoms with Gasteiger partial charge in [-0.1, -0.05) is 12.1 Å². The van der Waals surface area contributed by atoms with Gasteiger partial charge in [0.2, 0.25) is 5.91 Å². The first kappa shape index (κ1) is 19.5. The minimum Gasteiger partial charge on any atom is -0.344 e. The SMILES string of the molecule is Cc1cc(NC(=O)C(=O)NCc2ccc(F)cc2)n(C2NC(=O)CC(C)N2)n1. The van der Waals surface area contributed by atoms with Crippen LogP contribution in [0, 0.1) is 12.7 Å². The molecule has 2 atom stereocenters. The van der Waals surface area contributed by atoms with Crippen molar-refractivity contribution in [2.75, 3.05) is 5.32 Å². The molecule has 0 radical (unpaired) electrons. The summed E-state index contributed by atoms with van der Waals surface area (Å²) in [7, 11) is 0. The summed E-state index contributed by atoms with van der Waals surface area (Å²) < 4.78 is 14.3. The fourth-order valence-electron chi connectivity index (χ4n) is 2.84. The summed E-state index contributed by atoms with van der Waals surface area (Å²) in [5, 5.41) is 15.1. The van der Waals surface area contributed by atoms with Crippen molar-refractivity contribution in [2.24, 2.45) is 0 Å². The largest absolute Gasteiger partial charge is 0.344 e. The van der Waals surface area contributed by atoms with Gasteiger partial charge in [0.25, 0.3) is 0 Å². The molecule has 9 nitrogen and oxygen atoms in total. The molecule has 10 heteroatoms. The predicted octanol–water partition coefficient (Wildman–Crippen LogP) is 0.540. The molecule has 0 saturated carbocycles. The highest BCUT2D eigenvalue weighted by molar-refractivity contribution is 6.39. The molecular formula is C18H21FN6O3. The number of rotatable bonds is 4. The molecule has 1 aromatic heterocycles. The van der Waals surface area contributed by atoms with Gasteiger partial charge >= 0.3 is 11.8 Å². The van der Waals surface area contributed by atoms with Crippen molar-refractivity contribution in [1.29, 1.82) is 0 Å². The summed E-state index contributed by atoms with van der Waals surface area (Å²) in [6.07, 6.45) is -0.299. The standard InChI is InChI=1S/C18H21FN6O3/c1-10-8-15(26)23-18(21-10)25-14(7-11(2)24-25)22-17(28)16(27)20-9-12-3-5-13(19)6-4-12/h3-7,10,18,21H,8-9H2,1-2H3,(H,20,27)(H,22,28)(H,23,26). The number of halogens is 1. The van der Waals surface area contributed by atoms with Crippen molar-refractivity contribution in [3.63, 3.8) is 0 Å². The maximum absolute atomic E-state index is 12.9. The summed E-state index contributed by atoms with van der Waals surface area (Å²) in [6.45, 7) is 3.68. The van der Waals surface area contributed by atoms with Crippen LogP contribution >= 0.6 is 0 Å².